The molecule has 0 radical (unpaired) electrons. The maximum absolute atomic E-state index is 12.1. The van der Waals surface area contributed by atoms with Crippen molar-refractivity contribution < 1.29 is 4.79 Å². The molecule has 1 aromatic carbocycles. The number of hydrogen-bond acceptors (Lipinski definition) is 3. The molecule has 0 saturated heterocycles. The molecule has 104 valence electrons. The molecule has 0 spiro atoms. The zero-order valence-electron chi connectivity index (χ0n) is 10.6. The van der Waals surface area contributed by atoms with Crippen LogP contribution in [0.5, 0.6) is 0 Å². The fourth-order valence-corrected chi connectivity index (χ4v) is 2.57. The van der Waals surface area contributed by atoms with Crippen LogP contribution >= 0.6 is 35.0 Å². The van der Waals surface area contributed by atoms with Crippen LogP contribution in [0.15, 0.2) is 47.6 Å². The van der Waals surface area contributed by atoms with Gasteiger partial charge in [-0.2, -0.15) is 0 Å². The molecule has 0 aliphatic rings. The monoisotopic (exact) mass is 326 g/mol. The predicted octanol–water partition coefficient (Wildman–Crippen LogP) is 4.51. The Morgan fingerprint density at radius 2 is 2.05 bits per heavy atom. The first-order valence-electron chi connectivity index (χ1n) is 5.89. The Kier molecular flexibility index (Phi) is 5.29. The largest absolute Gasteiger partial charge is 0.325 e. The summed E-state index contributed by atoms with van der Waals surface area (Å²) in [6.07, 6.45) is 1.56. The molecule has 0 aliphatic heterocycles. The Bertz CT molecular complexity index is 604. The van der Waals surface area contributed by atoms with Gasteiger partial charge in [0.2, 0.25) is 5.91 Å². The van der Waals surface area contributed by atoms with Crippen molar-refractivity contribution in [1.29, 1.82) is 0 Å². The average molecular weight is 327 g/mol. The summed E-state index contributed by atoms with van der Waals surface area (Å²) in [6, 6.07) is 10.6. The number of hydrogen-bond donors (Lipinski definition) is 1. The van der Waals surface area contributed by atoms with Crippen LogP contribution in [-0.2, 0) is 4.79 Å². The smallest absolute Gasteiger partial charge is 0.237 e. The highest BCUT2D eigenvalue weighted by Crippen LogP contribution is 2.23. The van der Waals surface area contributed by atoms with E-state index in [1.54, 1.807) is 42.6 Å². The van der Waals surface area contributed by atoms with E-state index in [-0.39, 0.29) is 11.2 Å². The maximum atomic E-state index is 12.1. The average Bonchev–Trinajstić information content (AvgIpc) is 2.41. The number of nitrogens with one attached hydrogen (secondary N) is 1. The van der Waals surface area contributed by atoms with Gasteiger partial charge in [0.1, 0.15) is 0 Å². The molecule has 1 heterocycles. The molecule has 0 fully saturated rings. The summed E-state index contributed by atoms with van der Waals surface area (Å²) < 4.78 is 0. The van der Waals surface area contributed by atoms with Crippen LogP contribution < -0.4 is 5.32 Å². The lowest BCUT2D eigenvalue weighted by molar-refractivity contribution is -0.115. The minimum Gasteiger partial charge on any atom is -0.325 e. The fraction of sp³-hybridized carbons (Fsp3) is 0.143. The SMILES string of the molecule is CC(Sc1ccc(Cl)cn1)C(=O)Nc1cccc(Cl)c1. The Labute approximate surface area is 131 Å². The van der Waals surface area contributed by atoms with Crippen molar-refractivity contribution in [3.05, 3.63) is 52.6 Å². The first-order valence-corrected chi connectivity index (χ1v) is 7.53. The summed E-state index contributed by atoms with van der Waals surface area (Å²) in [5, 5.41) is 4.45. The lowest BCUT2D eigenvalue weighted by Crippen LogP contribution is -2.22. The molecular weight excluding hydrogens is 315 g/mol. The molecule has 0 saturated carbocycles. The molecular formula is C14H12Cl2N2OS. The lowest BCUT2D eigenvalue weighted by Gasteiger charge is -2.11. The topological polar surface area (TPSA) is 42.0 Å². The third-order valence-corrected chi connectivity index (χ3v) is 3.97. The molecule has 3 nitrogen and oxygen atoms in total. The number of carbonyl (C=O) groups is 1. The zero-order chi connectivity index (χ0) is 14.5. The van der Waals surface area contributed by atoms with Crippen molar-refractivity contribution in [2.45, 2.75) is 17.2 Å². The summed E-state index contributed by atoms with van der Waals surface area (Å²) >= 11 is 13.0. The number of benzene rings is 1. The van der Waals surface area contributed by atoms with Gasteiger partial charge in [-0.3, -0.25) is 4.79 Å². The summed E-state index contributed by atoms with van der Waals surface area (Å²) in [7, 11) is 0. The van der Waals surface area contributed by atoms with E-state index in [0.29, 0.717) is 15.7 Å². The van der Waals surface area contributed by atoms with E-state index in [1.165, 1.54) is 11.8 Å². The van der Waals surface area contributed by atoms with Crippen molar-refractivity contribution in [3.8, 4) is 0 Å². The van der Waals surface area contributed by atoms with Crippen molar-refractivity contribution in [2.75, 3.05) is 5.32 Å². The minimum atomic E-state index is -0.275. The summed E-state index contributed by atoms with van der Waals surface area (Å²) in [6.45, 7) is 1.82. The quantitative estimate of drug-likeness (QED) is 0.840. The Balaban J connectivity index is 1.96. The van der Waals surface area contributed by atoms with E-state index in [4.69, 9.17) is 23.2 Å². The minimum absolute atomic E-state index is 0.103. The highest BCUT2D eigenvalue weighted by Gasteiger charge is 2.15. The lowest BCUT2D eigenvalue weighted by atomic mass is 10.3. The van der Waals surface area contributed by atoms with Gasteiger partial charge in [0.05, 0.1) is 15.3 Å². The van der Waals surface area contributed by atoms with Crippen LogP contribution in [0.4, 0.5) is 5.69 Å². The standard InChI is InChI=1S/C14H12Cl2N2OS/c1-9(20-13-6-5-11(16)8-17-13)14(19)18-12-4-2-3-10(15)7-12/h2-9H,1H3,(H,18,19). The van der Waals surface area contributed by atoms with E-state index < -0.39 is 0 Å². The van der Waals surface area contributed by atoms with Crippen LogP contribution in [-0.4, -0.2) is 16.1 Å². The first kappa shape index (κ1) is 15.2. The molecule has 1 aromatic heterocycles. The molecule has 6 heteroatoms. The third kappa shape index (κ3) is 4.40. The Morgan fingerprint density at radius 3 is 2.70 bits per heavy atom. The van der Waals surface area contributed by atoms with Gasteiger partial charge in [-0.1, -0.05) is 41.0 Å². The van der Waals surface area contributed by atoms with Crippen LogP contribution in [0.3, 0.4) is 0 Å². The number of aromatic nitrogens is 1. The summed E-state index contributed by atoms with van der Waals surface area (Å²) in [5.74, 6) is -0.103. The van der Waals surface area contributed by atoms with Crippen LogP contribution in [0.1, 0.15) is 6.92 Å². The third-order valence-electron chi connectivity index (χ3n) is 2.46. The van der Waals surface area contributed by atoms with E-state index in [1.807, 2.05) is 6.92 Å². The molecule has 1 amide bonds. The number of pyridine rings is 1. The Morgan fingerprint density at radius 1 is 1.25 bits per heavy atom. The van der Waals surface area contributed by atoms with Crippen molar-refractivity contribution in [3.63, 3.8) is 0 Å². The van der Waals surface area contributed by atoms with Gasteiger partial charge in [0.15, 0.2) is 0 Å². The zero-order valence-corrected chi connectivity index (χ0v) is 13.0. The highest BCUT2D eigenvalue weighted by atomic mass is 35.5. The first-order chi connectivity index (χ1) is 9.54. The van der Waals surface area contributed by atoms with E-state index in [0.717, 1.165) is 5.03 Å². The number of nitrogens with zero attached hydrogens (tertiary/aromatic N) is 1. The van der Waals surface area contributed by atoms with E-state index in [9.17, 15) is 4.79 Å². The van der Waals surface area contributed by atoms with Gasteiger partial charge >= 0.3 is 0 Å². The number of thioether (sulfide) groups is 1. The number of rotatable bonds is 4. The van der Waals surface area contributed by atoms with Gasteiger partial charge in [0, 0.05) is 16.9 Å². The number of amides is 1. The molecule has 2 aromatic rings. The van der Waals surface area contributed by atoms with Crippen molar-refractivity contribution in [2.24, 2.45) is 0 Å². The molecule has 20 heavy (non-hydrogen) atoms. The predicted molar refractivity (Wildman–Crippen MR) is 84.6 cm³/mol. The van der Waals surface area contributed by atoms with Crippen molar-refractivity contribution in [1.82, 2.24) is 4.98 Å². The number of carbonyl (C=O) groups excluding carboxylic acids is 1. The molecule has 1 unspecified atom stereocenters. The molecule has 1 N–H and O–H groups in total. The number of anilines is 1. The van der Waals surface area contributed by atoms with Crippen LogP contribution in [0, 0.1) is 0 Å². The second-order valence-electron chi connectivity index (χ2n) is 4.07. The van der Waals surface area contributed by atoms with Crippen LogP contribution in [0.25, 0.3) is 0 Å². The Hall–Kier alpha value is -1.23. The molecule has 0 bridgehead atoms. The molecule has 1 atom stereocenters. The van der Waals surface area contributed by atoms with E-state index in [2.05, 4.69) is 10.3 Å². The maximum Gasteiger partial charge on any atom is 0.237 e. The van der Waals surface area contributed by atoms with Crippen LogP contribution in [0.2, 0.25) is 10.0 Å². The summed E-state index contributed by atoms with van der Waals surface area (Å²) in [5.41, 5.74) is 0.680. The van der Waals surface area contributed by atoms with Gasteiger partial charge in [-0.15, -0.1) is 0 Å². The van der Waals surface area contributed by atoms with Gasteiger partial charge in [-0.05, 0) is 37.3 Å². The van der Waals surface area contributed by atoms with Gasteiger partial charge < -0.3 is 5.32 Å². The van der Waals surface area contributed by atoms with Gasteiger partial charge in [0.25, 0.3) is 0 Å². The van der Waals surface area contributed by atoms with Gasteiger partial charge in [-0.25, -0.2) is 4.98 Å². The molecule has 2 rings (SSSR count). The normalized spacial score (nSPS) is 11.9. The van der Waals surface area contributed by atoms with Crippen molar-refractivity contribution >= 4 is 46.6 Å². The number of halogens is 2. The highest BCUT2D eigenvalue weighted by molar-refractivity contribution is 8.00. The fourth-order valence-electron chi connectivity index (χ4n) is 1.48. The second-order valence-corrected chi connectivity index (χ2v) is 6.31. The molecule has 0 aliphatic carbocycles. The summed E-state index contributed by atoms with van der Waals surface area (Å²) in [4.78, 5) is 16.2. The second kappa shape index (κ2) is 6.97. The van der Waals surface area contributed by atoms with E-state index >= 15 is 0 Å².